The van der Waals surface area contributed by atoms with Gasteiger partial charge < -0.3 is 9.64 Å². The minimum absolute atomic E-state index is 0.0658. The fraction of sp³-hybridized carbons (Fsp3) is 0.469. The Kier molecular flexibility index (Phi) is 8.10. The van der Waals surface area contributed by atoms with E-state index in [9.17, 15) is 13.2 Å². The molecule has 2 aliphatic carbocycles. The first-order chi connectivity index (χ1) is 19.5. The van der Waals surface area contributed by atoms with E-state index in [0.29, 0.717) is 17.0 Å². The average Bonchev–Trinajstić information content (AvgIpc) is 3.68. The Labute approximate surface area is 243 Å². The summed E-state index contributed by atoms with van der Waals surface area (Å²) in [5, 5.41) is 0. The van der Waals surface area contributed by atoms with Crippen molar-refractivity contribution in [1.29, 1.82) is 0 Å². The highest BCUT2D eigenvalue weighted by Crippen LogP contribution is 2.62. The van der Waals surface area contributed by atoms with E-state index in [1.807, 2.05) is 49.9 Å². The minimum atomic E-state index is -3.93. The number of nitrogens with zero attached hydrogens (tertiary/aromatic N) is 3. The van der Waals surface area contributed by atoms with Gasteiger partial charge in [-0.25, -0.2) is 18.1 Å². The Morgan fingerprint density at radius 3 is 2.34 bits per heavy atom. The summed E-state index contributed by atoms with van der Waals surface area (Å²) in [6.45, 7) is 10.4. The van der Waals surface area contributed by atoms with Gasteiger partial charge in [-0.2, -0.15) is 4.98 Å². The fourth-order valence-corrected chi connectivity index (χ4v) is 7.11. The van der Waals surface area contributed by atoms with Crippen molar-refractivity contribution in [3.05, 3.63) is 65.2 Å². The van der Waals surface area contributed by atoms with E-state index in [4.69, 9.17) is 4.74 Å². The molecule has 0 radical (unpaired) electrons. The van der Waals surface area contributed by atoms with Crippen LogP contribution in [0.1, 0.15) is 62.6 Å². The molecule has 2 aromatic carbocycles. The first-order valence-electron chi connectivity index (χ1n) is 14.4. The van der Waals surface area contributed by atoms with Crippen molar-refractivity contribution >= 4 is 22.4 Å². The summed E-state index contributed by atoms with van der Waals surface area (Å²) in [5.41, 5.74) is 4.78. The first-order valence-corrected chi connectivity index (χ1v) is 15.9. The van der Waals surface area contributed by atoms with Crippen LogP contribution in [0.5, 0.6) is 5.88 Å². The molecule has 2 fully saturated rings. The van der Waals surface area contributed by atoms with Crippen LogP contribution in [0.2, 0.25) is 0 Å². The normalized spacial score (nSPS) is 16.7. The molecule has 1 spiro atoms. The van der Waals surface area contributed by atoms with Gasteiger partial charge in [0.15, 0.2) is 0 Å². The highest BCUT2D eigenvalue weighted by molar-refractivity contribution is 7.92. The molecule has 218 valence electrons. The van der Waals surface area contributed by atoms with Crippen LogP contribution in [0.4, 0.5) is 5.95 Å². The maximum atomic E-state index is 13.3. The van der Waals surface area contributed by atoms with Gasteiger partial charge >= 0.3 is 0 Å². The van der Waals surface area contributed by atoms with Crippen LogP contribution in [0, 0.1) is 32.1 Å². The third-order valence-corrected chi connectivity index (χ3v) is 9.72. The van der Waals surface area contributed by atoms with E-state index in [2.05, 4.69) is 28.5 Å². The van der Waals surface area contributed by atoms with Crippen LogP contribution in [-0.4, -0.2) is 48.4 Å². The predicted molar refractivity (Wildman–Crippen MR) is 160 cm³/mol. The van der Waals surface area contributed by atoms with Crippen LogP contribution in [0.3, 0.4) is 0 Å². The second kappa shape index (κ2) is 11.4. The van der Waals surface area contributed by atoms with Crippen molar-refractivity contribution in [2.45, 2.75) is 83.7 Å². The number of rotatable bonds is 12. The van der Waals surface area contributed by atoms with Gasteiger partial charge in [-0.05, 0) is 93.0 Å². The van der Waals surface area contributed by atoms with Gasteiger partial charge in [-0.3, -0.25) is 4.79 Å². The minimum Gasteiger partial charge on any atom is -0.475 e. The second-order valence-corrected chi connectivity index (χ2v) is 14.0. The molecule has 1 heterocycles. The monoisotopic (exact) mass is 576 g/mol. The number of benzene rings is 2. The number of hydrogen-bond donors (Lipinski definition) is 1. The van der Waals surface area contributed by atoms with Crippen LogP contribution in [0.25, 0.3) is 11.3 Å². The van der Waals surface area contributed by atoms with E-state index in [-0.39, 0.29) is 35.4 Å². The number of sulfonamides is 1. The smallest absolute Gasteiger partial charge is 0.264 e. The van der Waals surface area contributed by atoms with Gasteiger partial charge in [-0.1, -0.05) is 44.2 Å². The topological polar surface area (TPSA) is 101 Å². The molecule has 1 N–H and O–H groups in total. The molecular formula is C32H40N4O4S. The molecule has 3 aromatic rings. The van der Waals surface area contributed by atoms with Crippen molar-refractivity contribution < 1.29 is 17.9 Å². The summed E-state index contributed by atoms with van der Waals surface area (Å²) in [6.07, 6.45) is 6.43. The standard InChI is InChI=1S/C32H40N4O4S/c1-21(2)14-25(36(20-37)26-17-32(18-26)12-13-32)19-40-29-16-28(30-23(4)9-7-10-24(30)5)33-31(34-29)35-41(38,39)27-11-6-8-22(3)15-27/h6-11,15-16,20-21,25-26H,12-14,17-19H2,1-5H3,(H,33,34,35)/t25-/m0/s1. The summed E-state index contributed by atoms with van der Waals surface area (Å²) < 4.78 is 35.3. The highest BCUT2D eigenvalue weighted by atomic mass is 32.2. The molecule has 9 heteroatoms. The third kappa shape index (κ3) is 6.56. The lowest BCUT2D eigenvalue weighted by Crippen LogP contribution is -2.52. The van der Waals surface area contributed by atoms with Crippen molar-refractivity contribution in [3.8, 4) is 17.1 Å². The maximum absolute atomic E-state index is 13.3. The number of carbonyl (C=O) groups excluding carboxylic acids is 1. The zero-order valence-electron chi connectivity index (χ0n) is 24.6. The molecule has 41 heavy (non-hydrogen) atoms. The van der Waals surface area contributed by atoms with E-state index in [1.54, 1.807) is 24.3 Å². The number of nitrogens with one attached hydrogen (secondary N) is 1. The molecule has 2 aliphatic rings. The fourth-order valence-electron chi connectivity index (χ4n) is 6.06. The summed E-state index contributed by atoms with van der Waals surface area (Å²) in [7, 11) is -3.93. The van der Waals surface area contributed by atoms with Crippen molar-refractivity contribution in [3.63, 3.8) is 0 Å². The van der Waals surface area contributed by atoms with E-state index < -0.39 is 10.0 Å². The lowest BCUT2D eigenvalue weighted by Gasteiger charge is -2.45. The van der Waals surface area contributed by atoms with Crippen LogP contribution < -0.4 is 9.46 Å². The molecule has 8 nitrogen and oxygen atoms in total. The van der Waals surface area contributed by atoms with Crippen LogP contribution in [0.15, 0.2) is 53.4 Å². The molecule has 2 saturated carbocycles. The first kappa shape index (κ1) is 29.0. The molecule has 0 saturated heterocycles. The second-order valence-electron chi connectivity index (χ2n) is 12.3. The number of carbonyl (C=O) groups is 1. The van der Waals surface area contributed by atoms with Gasteiger partial charge in [0.05, 0.1) is 16.6 Å². The predicted octanol–water partition coefficient (Wildman–Crippen LogP) is 6.06. The van der Waals surface area contributed by atoms with Crippen LogP contribution >= 0.6 is 0 Å². The summed E-state index contributed by atoms with van der Waals surface area (Å²) in [4.78, 5) is 23.4. The Morgan fingerprint density at radius 2 is 1.73 bits per heavy atom. The summed E-state index contributed by atoms with van der Waals surface area (Å²) in [5.74, 6) is 0.559. The third-order valence-electron chi connectivity index (χ3n) is 8.39. The van der Waals surface area contributed by atoms with Gasteiger partial charge in [0.2, 0.25) is 18.2 Å². The Bertz CT molecular complexity index is 1510. The largest absolute Gasteiger partial charge is 0.475 e. The lowest BCUT2D eigenvalue weighted by atomic mass is 9.75. The van der Waals surface area contributed by atoms with Crippen molar-refractivity contribution in [2.24, 2.45) is 11.3 Å². The Hall–Kier alpha value is -3.46. The van der Waals surface area contributed by atoms with E-state index in [0.717, 1.165) is 47.9 Å². The SMILES string of the molecule is Cc1cccc(S(=O)(=O)Nc2nc(OC[C@H](CC(C)C)N(C=O)C3CC4(CC4)C3)cc(-c3c(C)cccc3C)n2)c1. The van der Waals surface area contributed by atoms with Crippen LogP contribution in [-0.2, 0) is 14.8 Å². The zero-order chi connectivity index (χ0) is 29.4. The molecule has 5 rings (SSSR count). The molecule has 0 bridgehead atoms. The van der Waals surface area contributed by atoms with Gasteiger partial charge in [0.1, 0.15) is 6.61 Å². The van der Waals surface area contributed by atoms with E-state index >= 15 is 0 Å². The Morgan fingerprint density at radius 1 is 1.05 bits per heavy atom. The summed E-state index contributed by atoms with van der Waals surface area (Å²) in [6, 6.07) is 14.5. The number of aromatic nitrogens is 2. The number of anilines is 1. The number of amides is 1. The molecule has 1 aromatic heterocycles. The molecule has 0 unspecified atom stereocenters. The van der Waals surface area contributed by atoms with Crippen molar-refractivity contribution in [2.75, 3.05) is 11.3 Å². The number of hydrogen-bond acceptors (Lipinski definition) is 6. The molecule has 0 aliphatic heterocycles. The lowest BCUT2D eigenvalue weighted by molar-refractivity contribution is -0.128. The molecule has 1 amide bonds. The Balaban J connectivity index is 1.45. The number of aryl methyl sites for hydroxylation is 3. The summed E-state index contributed by atoms with van der Waals surface area (Å²) >= 11 is 0. The average molecular weight is 577 g/mol. The van der Waals surface area contributed by atoms with Gasteiger partial charge in [0.25, 0.3) is 10.0 Å². The van der Waals surface area contributed by atoms with E-state index in [1.165, 1.54) is 12.8 Å². The van der Waals surface area contributed by atoms with Gasteiger partial charge in [-0.15, -0.1) is 0 Å². The maximum Gasteiger partial charge on any atom is 0.264 e. The number of ether oxygens (including phenoxy) is 1. The molecule has 1 atom stereocenters. The van der Waals surface area contributed by atoms with Crippen molar-refractivity contribution in [1.82, 2.24) is 14.9 Å². The quantitative estimate of drug-likeness (QED) is 0.263. The zero-order valence-corrected chi connectivity index (χ0v) is 25.4. The van der Waals surface area contributed by atoms with Gasteiger partial charge in [0, 0.05) is 17.7 Å². The molecular weight excluding hydrogens is 536 g/mol. The highest BCUT2D eigenvalue weighted by Gasteiger charge is 2.55.